The maximum atomic E-state index is 6.09. The van der Waals surface area contributed by atoms with E-state index in [0.29, 0.717) is 11.8 Å². The van der Waals surface area contributed by atoms with Crippen molar-refractivity contribution in [2.75, 3.05) is 0 Å². The van der Waals surface area contributed by atoms with E-state index in [1.165, 1.54) is 6.42 Å². The van der Waals surface area contributed by atoms with Crippen LogP contribution in [-0.2, 0) is 19.6 Å². The maximum absolute atomic E-state index is 6.09. The fraction of sp³-hybridized carbons (Fsp3) is 1.00. The van der Waals surface area contributed by atoms with Gasteiger partial charge in [-0.05, 0) is 57.8 Å². The molecule has 0 aliphatic heterocycles. The lowest BCUT2D eigenvalue weighted by molar-refractivity contribution is -0.553. The normalized spacial score (nSPS) is 31.4. The molecular formula is C22H44O4. The molecule has 26 heavy (non-hydrogen) atoms. The maximum Gasteiger partial charge on any atom is 0.234 e. The zero-order valence-corrected chi connectivity index (χ0v) is 18.7. The van der Waals surface area contributed by atoms with Crippen LogP contribution in [0.1, 0.15) is 113 Å². The molecule has 1 fully saturated rings. The molecule has 0 bridgehead atoms. The van der Waals surface area contributed by atoms with Gasteiger partial charge in [-0.15, -0.1) is 0 Å². The highest BCUT2D eigenvalue weighted by molar-refractivity contribution is 4.82. The predicted molar refractivity (Wildman–Crippen MR) is 106 cm³/mol. The summed E-state index contributed by atoms with van der Waals surface area (Å²) in [7, 11) is 0. The van der Waals surface area contributed by atoms with Gasteiger partial charge in [-0.3, -0.25) is 0 Å². The first-order chi connectivity index (χ1) is 12.2. The van der Waals surface area contributed by atoms with Gasteiger partial charge in [0.25, 0.3) is 0 Å². The molecule has 0 aromatic heterocycles. The van der Waals surface area contributed by atoms with Crippen molar-refractivity contribution in [2.24, 2.45) is 11.8 Å². The first-order valence-electron chi connectivity index (χ1n) is 10.9. The average Bonchev–Trinajstić information content (AvgIpc) is 2.58. The van der Waals surface area contributed by atoms with Gasteiger partial charge in [0.2, 0.25) is 5.79 Å². The first-order valence-corrected chi connectivity index (χ1v) is 10.9. The third kappa shape index (κ3) is 7.10. The zero-order valence-electron chi connectivity index (χ0n) is 18.7. The van der Waals surface area contributed by atoms with Crippen LogP contribution in [-0.4, -0.2) is 17.0 Å². The summed E-state index contributed by atoms with van der Waals surface area (Å²) in [5.74, 6) is 0.221. The van der Waals surface area contributed by atoms with Gasteiger partial charge in [0, 0.05) is 12.8 Å². The average molecular weight is 373 g/mol. The number of hydrogen-bond donors (Lipinski definition) is 0. The Bertz CT molecular complexity index is 364. The summed E-state index contributed by atoms with van der Waals surface area (Å²) in [6, 6.07) is 0. The molecule has 0 saturated heterocycles. The molecule has 0 radical (unpaired) electrons. The summed E-state index contributed by atoms with van der Waals surface area (Å²) in [6.07, 6.45) is 8.67. The van der Waals surface area contributed by atoms with Crippen molar-refractivity contribution < 1.29 is 19.6 Å². The molecule has 1 aliphatic rings. The van der Waals surface area contributed by atoms with Crippen molar-refractivity contribution in [1.29, 1.82) is 0 Å². The van der Waals surface area contributed by atoms with E-state index in [1.807, 2.05) is 0 Å². The summed E-state index contributed by atoms with van der Waals surface area (Å²) in [5.41, 5.74) is -0.570. The molecule has 0 spiro atoms. The topological polar surface area (TPSA) is 36.9 Å². The van der Waals surface area contributed by atoms with Crippen LogP contribution in [0.2, 0.25) is 0 Å². The summed E-state index contributed by atoms with van der Waals surface area (Å²) in [5, 5.41) is 0. The van der Waals surface area contributed by atoms with Crippen LogP contribution in [0.25, 0.3) is 0 Å². The van der Waals surface area contributed by atoms with Crippen molar-refractivity contribution >= 4 is 0 Å². The van der Waals surface area contributed by atoms with E-state index in [9.17, 15) is 0 Å². The van der Waals surface area contributed by atoms with Crippen molar-refractivity contribution in [3.8, 4) is 0 Å². The van der Waals surface area contributed by atoms with Gasteiger partial charge in [-0.25, -0.2) is 9.78 Å². The molecule has 0 aromatic carbocycles. The first kappa shape index (κ1) is 23.9. The smallest absolute Gasteiger partial charge is 0.227 e. The Balaban J connectivity index is 2.89. The molecule has 156 valence electrons. The lowest BCUT2D eigenvalue weighted by Gasteiger charge is -2.43. The second kappa shape index (κ2) is 10.4. The van der Waals surface area contributed by atoms with Crippen LogP contribution in [0.4, 0.5) is 0 Å². The van der Waals surface area contributed by atoms with Gasteiger partial charge in [-0.1, -0.05) is 54.4 Å². The fourth-order valence-electron chi connectivity index (χ4n) is 4.11. The number of rotatable bonds is 12. The molecule has 4 unspecified atom stereocenters. The highest BCUT2D eigenvalue weighted by Gasteiger charge is 2.45. The van der Waals surface area contributed by atoms with Crippen molar-refractivity contribution in [3.63, 3.8) is 0 Å². The summed E-state index contributed by atoms with van der Waals surface area (Å²) < 4.78 is 0. The van der Waals surface area contributed by atoms with E-state index in [1.54, 1.807) is 0 Å². The minimum absolute atomic E-state index is 0.285. The molecule has 4 heteroatoms. The van der Waals surface area contributed by atoms with E-state index in [2.05, 4.69) is 55.4 Å². The Morgan fingerprint density at radius 1 is 0.769 bits per heavy atom. The van der Waals surface area contributed by atoms with Gasteiger partial charge >= 0.3 is 0 Å². The van der Waals surface area contributed by atoms with Crippen LogP contribution < -0.4 is 0 Å². The van der Waals surface area contributed by atoms with Crippen LogP contribution >= 0.6 is 0 Å². The standard InChI is InChI=1S/C22H44O4/c1-9-13-20(7,11-3)23-25-22(16-18(5)15-19(6)17-22)26-24-21(8,12-4)14-10-2/h18-19H,9-17H2,1-8H3. The highest BCUT2D eigenvalue weighted by atomic mass is 17.3. The van der Waals surface area contributed by atoms with Gasteiger partial charge in [0.05, 0.1) is 0 Å². The highest BCUT2D eigenvalue weighted by Crippen LogP contribution is 2.42. The van der Waals surface area contributed by atoms with Gasteiger partial charge < -0.3 is 0 Å². The fourth-order valence-corrected chi connectivity index (χ4v) is 4.11. The van der Waals surface area contributed by atoms with Crippen LogP contribution in [0, 0.1) is 11.8 Å². The molecule has 1 rings (SSSR count). The molecule has 1 saturated carbocycles. The SMILES string of the molecule is CCCC(C)(CC)OOC1(OOC(C)(CC)CCC)CC(C)CC(C)C1. The van der Waals surface area contributed by atoms with E-state index in [-0.39, 0.29) is 11.2 Å². The molecule has 1 aliphatic carbocycles. The van der Waals surface area contributed by atoms with Crippen LogP contribution in [0.15, 0.2) is 0 Å². The second-order valence-electron chi connectivity index (χ2n) is 9.21. The largest absolute Gasteiger partial charge is 0.234 e. The lowest BCUT2D eigenvalue weighted by atomic mass is 9.79. The van der Waals surface area contributed by atoms with Crippen LogP contribution in [0.3, 0.4) is 0 Å². The van der Waals surface area contributed by atoms with Crippen molar-refractivity contribution in [1.82, 2.24) is 0 Å². The van der Waals surface area contributed by atoms with E-state index >= 15 is 0 Å². The van der Waals surface area contributed by atoms with Gasteiger partial charge in [0.1, 0.15) is 11.2 Å². The molecule has 0 N–H and O–H groups in total. The molecule has 0 amide bonds. The zero-order chi connectivity index (χ0) is 19.8. The Morgan fingerprint density at radius 2 is 1.15 bits per heavy atom. The van der Waals surface area contributed by atoms with Gasteiger partial charge in [-0.2, -0.15) is 9.78 Å². The van der Waals surface area contributed by atoms with Crippen LogP contribution in [0.5, 0.6) is 0 Å². The van der Waals surface area contributed by atoms with Crippen molar-refractivity contribution in [3.05, 3.63) is 0 Å². The summed E-state index contributed by atoms with van der Waals surface area (Å²) in [4.78, 5) is 24.2. The molecule has 0 aromatic rings. The third-order valence-corrected chi connectivity index (χ3v) is 5.97. The Kier molecular flexibility index (Phi) is 9.55. The molecular weight excluding hydrogens is 328 g/mol. The number of hydrogen-bond acceptors (Lipinski definition) is 4. The van der Waals surface area contributed by atoms with E-state index in [4.69, 9.17) is 19.6 Å². The second-order valence-corrected chi connectivity index (χ2v) is 9.21. The summed E-state index contributed by atoms with van der Waals surface area (Å²) >= 11 is 0. The quantitative estimate of drug-likeness (QED) is 0.210. The Morgan fingerprint density at radius 3 is 1.46 bits per heavy atom. The van der Waals surface area contributed by atoms with E-state index in [0.717, 1.165) is 51.4 Å². The van der Waals surface area contributed by atoms with Crippen molar-refractivity contribution in [2.45, 2.75) is 130 Å². The minimum atomic E-state index is -0.814. The lowest BCUT2D eigenvalue weighted by Crippen LogP contribution is -2.47. The predicted octanol–water partition coefficient (Wildman–Crippen LogP) is 6.97. The summed E-state index contributed by atoms with van der Waals surface area (Å²) in [6.45, 7) is 17.4. The molecule has 4 nitrogen and oxygen atoms in total. The monoisotopic (exact) mass is 372 g/mol. The van der Waals surface area contributed by atoms with E-state index < -0.39 is 5.79 Å². The third-order valence-electron chi connectivity index (χ3n) is 5.97. The molecule has 0 heterocycles. The Hall–Kier alpha value is -0.160. The van der Waals surface area contributed by atoms with Gasteiger partial charge in [0.15, 0.2) is 0 Å². The Labute approximate surface area is 162 Å². The minimum Gasteiger partial charge on any atom is -0.227 e. The molecule has 4 atom stereocenters.